The molecule has 0 aromatic rings. The van der Waals surface area contributed by atoms with Crippen molar-refractivity contribution in [3.05, 3.63) is 0 Å². The fourth-order valence-corrected chi connectivity index (χ4v) is 4.08. The average molecular weight is 253 g/mol. The SMILES string of the molecule is CCCNC(C1CCCOC1)C1CC2CCC1O2. The van der Waals surface area contributed by atoms with Crippen molar-refractivity contribution in [2.24, 2.45) is 11.8 Å². The highest BCUT2D eigenvalue weighted by atomic mass is 16.5. The third-order valence-corrected chi connectivity index (χ3v) is 4.95. The minimum atomic E-state index is 0.534. The first-order chi connectivity index (χ1) is 8.88. The zero-order valence-corrected chi connectivity index (χ0v) is 11.6. The molecule has 3 heterocycles. The third-order valence-electron chi connectivity index (χ3n) is 4.95. The molecule has 18 heavy (non-hydrogen) atoms. The van der Waals surface area contributed by atoms with Crippen molar-refractivity contribution in [3.8, 4) is 0 Å². The third kappa shape index (κ3) is 2.59. The van der Waals surface area contributed by atoms with Crippen LogP contribution in [0.2, 0.25) is 0 Å². The lowest BCUT2D eigenvalue weighted by Gasteiger charge is -2.37. The Hall–Kier alpha value is -0.120. The van der Waals surface area contributed by atoms with Crippen LogP contribution in [0.1, 0.15) is 45.4 Å². The molecule has 0 saturated carbocycles. The van der Waals surface area contributed by atoms with Gasteiger partial charge in [0.05, 0.1) is 18.8 Å². The topological polar surface area (TPSA) is 30.5 Å². The number of nitrogens with one attached hydrogen (secondary N) is 1. The maximum atomic E-state index is 6.06. The fourth-order valence-electron chi connectivity index (χ4n) is 4.08. The van der Waals surface area contributed by atoms with Gasteiger partial charge in [0.2, 0.25) is 0 Å². The molecular weight excluding hydrogens is 226 g/mol. The number of ether oxygens (including phenoxy) is 2. The van der Waals surface area contributed by atoms with Crippen LogP contribution in [-0.4, -0.2) is 38.0 Å². The van der Waals surface area contributed by atoms with Crippen LogP contribution < -0.4 is 5.32 Å². The van der Waals surface area contributed by atoms with E-state index in [-0.39, 0.29) is 0 Å². The fraction of sp³-hybridized carbons (Fsp3) is 1.00. The second kappa shape index (κ2) is 5.89. The Labute approximate surface area is 111 Å². The van der Waals surface area contributed by atoms with Crippen LogP contribution in [0.5, 0.6) is 0 Å². The van der Waals surface area contributed by atoms with Crippen molar-refractivity contribution >= 4 is 0 Å². The minimum absolute atomic E-state index is 0.534. The minimum Gasteiger partial charge on any atom is -0.381 e. The molecule has 0 aliphatic carbocycles. The van der Waals surface area contributed by atoms with Crippen LogP contribution in [0.15, 0.2) is 0 Å². The molecule has 3 saturated heterocycles. The smallest absolute Gasteiger partial charge is 0.0623 e. The van der Waals surface area contributed by atoms with Gasteiger partial charge in [-0.1, -0.05) is 6.92 Å². The highest BCUT2D eigenvalue weighted by molar-refractivity contribution is 4.97. The first kappa shape index (κ1) is 12.9. The van der Waals surface area contributed by atoms with Gasteiger partial charge in [-0.2, -0.15) is 0 Å². The lowest BCUT2D eigenvalue weighted by molar-refractivity contribution is 0.0170. The predicted molar refractivity (Wildman–Crippen MR) is 71.6 cm³/mol. The van der Waals surface area contributed by atoms with Gasteiger partial charge < -0.3 is 14.8 Å². The molecule has 3 nitrogen and oxygen atoms in total. The van der Waals surface area contributed by atoms with Crippen molar-refractivity contribution in [2.45, 2.75) is 63.7 Å². The van der Waals surface area contributed by atoms with E-state index in [1.165, 1.54) is 38.5 Å². The molecule has 0 aromatic heterocycles. The van der Waals surface area contributed by atoms with Crippen molar-refractivity contribution in [3.63, 3.8) is 0 Å². The van der Waals surface area contributed by atoms with Gasteiger partial charge in [-0.15, -0.1) is 0 Å². The van der Waals surface area contributed by atoms with E-state index < -0.39 is 0 Å². The summed E-state index contributed by atoms with van der Waals surface area (Å²) in [5, 5.41) is 3.81. The molecule has 3 aliphatic rings. The van der Waals surface area contributed by atoms with Gasteiger partial charge in [-0.05, 0) is 51.0 Å². The second-order valence-corrected chi connectivity index (χ2v) is 6.23. The van der Waals surface area contributed by atoms with Crippen molar-refractivity contribution < 1.29 is 9.47 Å². The Bertz CT molecular complexity index is 265. The molecule has 1 N–H and O–H groups in total. The molecular formula is C15H27NO2. The Kier molecular flexibility index (Phi) is 4.22. The summed E-state index contributed by atoms with van der Waals surface area (Å²) in [6.45, 7) is 5.30. The van der Waals surface area contributed by atoms with Gasteiger partial charge in [0.25, 0.3) is 0 Å². The maximum absolute atomic E-state index is 6.06. The summed E-state index contributed by atoms with van der Waals surface area (Å²) in [6, 6.07) is 0.626. The predicted octanol–water partition coefficient (Wildman–Crippen LogP) is 2.35. The second-order valence-electron chi connectivity index (χ2n) is 6.23. The molecule has 0 radical (unpaired) electrons. The first-order valence-corrected chi connectivity index (χ1v) is 7.85. The molecule has 5 atom stereocenters. The van der Waals surface area contributed by atoms with E-state index in [1.807, 2.05) is 0 Å². The summed E-state index contributed by atoms with van der Waals surface area (Å²) in [5.41, 5.74) is 0. The zero-order chi connectivity index (χ0) is 12.4. The summed E-state index contributed by atoms with van der Waals surface area (Å²) in [4.78, 5) is 0. The van der Waals surface area contributed by atoms with Gasteiger partial charge in [-0.3, -0.25) is 0 Å². The largest absolute Gasteiger partial charge is 0.381 e. The summed E-state index contributed by atoms with van der Waals surface area (Å²) >= 11 is 0. The maximum Gasteiger partial charge on any atom is 0.0623 e. The number of hydrogen-bond acceptors (Lipinski definition) is 3. The Morgan fingerprint density at radius 1 is 1.28 bits per heavy atom. The number of hydrogen-bond donors (Lipinski definition) is 1. The van der Waals surface area contributed by atoms with Crippen LogP contribution in [0.25, 0.3) is 0 Å². The Morgan fingerprint density at radius 2 is 2.22 bits per heavy atom. The first-order valence-electron chi connectivity index (χ1n) is 7.85. The lowest BCUT2D eigenvalue weighted by Crippen LogP contribution is -2.48. The van der Waals surface area contributed by atoms with E-state index >= 15 is 0 Å². The highest BCUT2D eigenvalue weighted by Gasteiger charge is 2.46. The van der Waals surface area contributed by atoms with Gasteiger partial charge >= 0.3 is 0 Å². The molecule has 5 unspecified atom stereocenters. The standard InChI is InChI=1S/C15H27NO2/c1-2-7-16-15(11-4-3-8-17-10-11)13-9-12-5-6-14(13)18-12/h11-16H,2-10H2,1H3. The summed E-state index contributed by atoms with van der Waals surface area (Å²) in [6.07, 6.45) is 8.73. The van der Waals surface area contributed by atoms with Crippen LogP contribution in [0, 0.1) is 11.8 Å². The van der Waals surface area contributed by atoms with Crippen LogP contribution >= 0.6 is 0 Å². The van der Waals surface area contributed by atoms with Crippen LogP contribution in [0.4, 0.5) is 0 Å². The summed E-state index contributed by atoms with van der Waals surface area (Å²) in [5.74, 6) is 1.44. The molecule has 104 valence electrons. The molecule has 3 heteroatoms. The van der Waals surface area contributed by atoms with E-state index in [4.69, 9.17) is 9.47 Å². The molecule has 0 amide bonds. The molecule has 2 bridgehead atoms. The van der Waals surface area contributed by atoms with E-state index in [2.05, 4.69) is 12.2 Å². The van der Waals surface area contributed by atoms with Crippen LogP contribution in [-0.2, 0) is 9.47 Å². The number of fused-ring (bicyclic) bond motifs is 2. The van der Waals surface area contributed by atoms with Gasteiger partial charge in [0.1, 0.15) is 0 Å². The summed E-state index contributed by atoms with van der Waals surface area (Å²) < 4.78 is 11.8. The molecule has 0 aromatic carbocycles. The lowest BCUT2D eigenvalue weighted by atomic mass is 9.77. The monoisotopic (exact) mass is 253 g/mol. The van der Waals surface area contributed by atoms with E-state index in [0.717, 1.165) is 25.7 Å². The summed E-state index contributed by atoms with van der Waals surface area (Å²) in [7, 11) is 0. The van der Waals surface area contributed by atoms with Gasteiger partial charge in [0.15, 0.2) is 0 Å². The quantitative estimate of drug-likeness (QED) is 0.816. The van der Waals surface area contributed by atoms with Crippen molar-refractivity contribution in [1.29, 1.82) is 0 Å². The van der Waals surface area contributed by atoms with Crippen LogP contribution in [0.3, 0.4) is 0 Å². The van der Waals surface area contributed by atoms with Crippen molar-refractivity contribution in [1.82, 2.24) is 5.32 Å². The molecule has 3 fully saturated rings. The normalized spacial score (nSPS) is 41.2. The zero-order valence-electron chi connectivity index (χ0n) is 11.6. The number of rotatable bonds is 5. The Balaban J connectivity index is 1.64. The van der Waals surface area contributed by atoms with E-state index in [9.17, 15) is 0 Å². The molecule has 0 spiro atoms. The van der Waals surface area contributed by atoms with Gasteiger partial charge in [-0.25, -0.2) is 0 Å². The van der Waals surface area contributed by atoms with E-state index in [1.54, 1.807) is 0 Å². The van der Waals surface area contributed by atoms with Crippen molar-refractivity contribution in [2.75, 3.05) is 19.8 Å². The molecule has 3 rings (SSSR count). The Morgan fingerprint density at radius 3 is 2.83 bits per heavy atom. The molecule has 3 aliphatic heterocycles. The van der Waals surface area contributed by atoms with E-state index in [0.29, 0.717) is 24.2 Å². The highest BCUT2D eigenvalue weighted by Crippen LogP contribution is 2.42. The average Bonchev–Trinajstić information content (AvgIpc) is 3.03. The van der Waals surface area contributed by atoms with Gasteiger partial charge in [0, 0.05) is 18.6 Å².